The monoisotopic (exact) mass is 232 g/mol. The van der Waals surface area contributed by atoms with Crippen LogP contribution >= 0.6 is 12.6 Å². The minimum Gasteiger partial charge on any atom is -0.493 e. The highest BCUT2D eigenvalue weighted by molar-refractivity contribution is 7.80. The first-order valence-corrected chi connectivity index (χ1v) is 6.26. The molecule has 1 nitrogen and oxygen atoms in total. The van der Waals surface area contributed by atoms with Crippen LogP contribution in [0.1, 0.15) is 12.8 Å². The lowest BCUT2D eigenvalue weighted by molar-refractivity contribution is 0.313. The van der Waals surface area contributed by atoms with Gasteiger partial charge in [-0.1, -0.05) is 36.4 Å². The van der Waals surface area contributed by atoms with Crippen molar-refractivity contribution in [1.29, 1.82) is 0 Å². The average molecular weight is 232 g/mol. The highest BCUT2D eigenvalue weighted by Crippen LogP contribution is 2.25. The molecule has 0 saturated heterocycles. The molecular formula is C14H16OS. The van der Waals surface area contributed by atoms with Crippen LogP contribution in [0.25, 0.3) is 10.8 Å². The van der Waals surface area contributed by atoms with Crippen LogP contribution in [0, 0.1) is 0 Å². The molecule has 0 heterocycles. The maximum atomic E-state index is 5.79. The van der Waals surface area contributed by atoms with Crippen LogP contribution in [-0.2, 0) is 0 Å². The van der Waals surface area contributed by atoms with Gasteiger partial charge in [-0.3, -0.25) is 0 Å². The van der Waals surface area contributed by atoms with Gasteiger partial charge in [0, 0.05) is 5.39 Å². The Morgan fingerprint density at radius 3 is 2.62 bits per heavy atom. The lowest BCUT2D eigenvalue weighted by Gasteiger charge is -2.08. The SMILES string of the molecule is SCCCCOc1cccc2ccccc12. The Morgan fingerprint density at radius 1 is 0.938 bits per heavy atom. The summed E-state index contributed by atoms with van der Waals surface area (Å²) in [4.78, 5) is 0. The predicted molar refractivity (Wildman–Crippen MR) is 72.5 cm³/mol. The number of ether oxygens (including phenoxy) is 1. The van der Waals surface area contributed by atoms with Gasteiger partial charge in [0.25, 0.3) is 0 Å². The Labute approximate surface area is 102 Å². The van der Waals surface area contributed by atoms with Crippen LogP contribution in [0.4, 0.5) is 0 Å². The zero-order valence-electron chi connectivity index (χ0n) is 9.23. The van der Waals surface area contributed by atoms with Crippen molar-refractivity contribution in [2.45, 2.75) is 12.8 Å². The molecule has 0 bridgehead atoms. The summed E-state index contributed by atoms with van der Waals surface area (Å²) in [7, 11) is 0. The highest BCUT2D eigenvalue weighted by Gasteiger charge is 2.00. The van der Waals surface area contributed by atoms with Gasteiger partial charge in [-0.15, -0.1) is 0 Å². The number of hydrogen-bond donors (Lipinski definition) is 1. The normalized spacial score (nSPS) is 10.6. The molecule has 0 amide bonds. The Kier molecular flexibility index (Phi) is 4.11. The van der Waals surface area contributed by atoms with Gasteiger partial charge >= 0.3 is 0 Å². The second-order valence-electron chi connectivity index (χ2n) is 3.76. The summed E-state index contributed by atoms with van der Waals surface area (Å²) < 4.78 is 5.79. The van der Waals surface area contributed by atoms with Crippen LogP contribution in [0.15, 0.2) is 42.5 Å². The molecule has 0 aliphatic rings. The Hall–Kier alpha value is -1.15. The van der Waals surface area contributed by atoms with Gasteiger partial charge in [0.05, 0.1) is 6.61 Å². The fourth-order valence-electron chi connectivity index (χ4n) is 1.72. The zero-order valence-corrected chi connectivity index (χ0v) is 10.1. The van der Waals surface area contributed by atoms with Crippen molar-refractivity contribution in [3.8, 4) is 5.75 Å². The quantitative estimate of drug-likeness (QED) is 0.607. The average Bonchev–Trinajstić information content (AvgIpc) is 2.35. The summed E-state index contributed by atoms with van der Waals surface area (Å²) in [5.41, 5.74) is 0. The Morgan fingerprint density at radius 2 is 1.75 bits per heavy atom. The minimum atomic E-state index is 0.772. The first-order valence-electron chi connectivity index (χ1n) is 5.63. The molecule has 0 radical (unpaired) electrons. The summed E-state index contributed by atoms with van der Waals surface area (Å²) in [5, 5.41) is 2.42. The van der Waals surface area contributed by atoms with Crippen LogP contribution in [-0.4, -0.2) is 12.4 Å². The Balaban J connectivity index is 2.11. The summed E-state index contributed by atoms with van der Waals surface area (Å²) in [6.07, 6.45) is 2.17. The van der Waals surface area contributed by atoms with Crippen LogP contribution < -0.4 is 4.74 Å². The third kappa shape index (κ3) is 2.70. The van der Waals surface area contributed by atoms with Gasteiger partial charge in [-0.2, -0.15) is 12.6 Å². The standard InChI is InChI=1S/C14H16OS/c16-11-4-3-10-15-14-9-5-7-12-6-1-2-8-13(12)14/h1-2,5-9,16H,3-4,10-11H2. The van der Waals surface area contributed by atoms with E-state index in [0.717, 1.165) is 31.0 Å². The van der Waals surface area contributed by atoms with E-state index < -0.39 is 0 Å². The van der Waals surface area contributed by atoms with E-state index in [-0.39, 0.29) is 0 Å². The van der Waals surface area contributed by atoms with E-state index >= 15 is 0 Å². The van der Waals surface area contributed by atoms with Crippen molar-refractivity contribution in [1.82, 2.24) is 0 Å². The fourth-order valence-corrected chi connectivity index (χ4v) is 1.94. The van der Waals surface area contributed by atoms with E-state index in [1.54, 1.807) is 0 Å². The molecule has 0 aliphatic heterocycles. The number of benzene rings is 2. The number of hydrogen-bond acceptors (Lipinski definition) is 2. The molecule has 0 atom stereocenters. The molecule has 0 saturated carbocycles. The maximum Gasteiger partial charge on any atom is 0.127 e. The molecule has 16 heavy (non-hydrogen) atoms. The van der Waals surface area contributed by atoms with Gasteiger partial charge < -0.3 is 4.74 Å². The molecule has 0 spiro atoms. The van der Waals surface area contributed by atoms with E-state index in [0.29, 0.717) is 0 Å². The van der Waals surface area contributed by atoms with Crippen molar-refractivity contribution in [3.05, 3.63) is 42.5 Å². The molecule has 0 unspecified atom stereocenters. The second-order valence-corrected chi connectivity index (χ2v) is 4.20. The van der Waals surface area contributed by atoms with E-state index in [1.165, 1.54) is 10.8 Å². The molecule has 84 valence electrons. The van der Waals surface area contributed by atoms with Crippen molar-refractivity contribution in [2.24, 2.45) is 0 Å². The third-order valence-electron chi connectivity index (χ3n) is 2.56. The van der Waals surface area contributed by atoms with Crippen LogP contribution in [0.3, 0.4) is 0 Å². The van der Waals surface area contributed by atoms with E-state index in [1.807, 2.05) is 24.3 Å². The third-order valence-corrected chi connectivity index (χ3v) is 2.88. The van der Waals surface area contributed by atoms with Gasteiger partial charge in [-0.05, 0) is 30.0 Å². The number of thiol groups is 1. The molecule has 2 aromatic rings. The summed E-state index contributed by atoms with van der Waals surface area (Å²) >= 11 is 4.18. The molecule has 2 aromatic carbocycles. The molecule has 2 heteroatoms. The van der Waals surface area contributed by atoms with Gasteiger partial charge in [0.2, 0.25) is 0 Å². The van der Waals surface area contributed by atoms with Crippen LogP contribution in [0.5, 0.6) is 5.75 Å². The number of unbranched alkanes of at least 4 members (excludes halogenated alkanes) is 1. The van der Waals surface area contributed by atoms with E-state index in [9.17, 15) is 0 Å². The molecule has 0 aliphatic carbocycles. The van der Waals surface area contributed by atoms with E-state index in [4.69, 9.17) is 4.74 Å². The molecular weight excluding hydrogens is 216 g/mol. The lowest BCUT2D eigenvalue weighted by atomic mass is 10.1. The van der Waals surface area contributed by atoms with Crippen molar-refractivity contribution >= 4 is 23.4 Å². The predicted octanol–water partition coefficient (Wildman–Crippen LogP) is 3.93. The van der Waals surface area contributed by atoms with Gasteiger partial charge in [0.15, 0.2) is 0 Å². The van der Waals surface area contributed by atoms with Crippen LogP contribution in [0.2, 0.25) is 0 Å². The number of fused-ring (bicyclic) bond motifs is 1. The van der Waals surface area contributed by atoms with E-state index in [2.05, 4.69) is 30.8 Å². The fraction of sp³-hybridized carbons (Fsp3) is 0.286. The first-order chi connectivity index (χ1) is 7.92. The maximum absolute atomic E-state index is 5.79. The van der Waals surface area contributed by atoms with Crippen molar-refractivity contribution in [3.63, 3.8) is 0 Å². The minimum absolute atomic E-state index is 0.772. The zero-order chi connectivity index (χ0) is 11.2. The summed E-state index contributed by atoms with van der Waals surface area (Å²) in [5.74, 6) is 1.91. The van der Waals surface area contributed by atoms with Gasteiger partial charge in [-0.25, -0.2) is 0 Å². The highest BCUT2D eigenvalue weighted by atomic mass is 32.1. The molecule has 2 rings (SSSR count). The first kappa shape index (κ1) is 11.3. The van der Waals surface area contributed by atoms with Crippen molar-refractivity contribution in [2.75, 3.05) is 12.4 Å². The smallest absolute Gasteiger partial charge is 0.127 e. The largest absolute Gasteiger partial charge is 0.493 e. The topological polar surface area (TPSA) is 9.23 Å². The van der Waals surface area contributed by atoms with Crippen molar-refractivity contribution < 1.29 is 4.74 Å². The molecule has 0 N–H and O–H groups in total. The Bertz CT molecular complexity index is 448. The summed E-state index contributed by atoms with van der Waals surface area (Å²) in [6, 6.07) is 14.5. The lowest BCUT2D eigenvalue weighted by Crippen LogP contribution is -1.97. The summed E-state index contributed by atoms with van der Waals surface area (Å²) in [6.45, 7) is 0.772. The number of rotatable bonds is 5. The second kappa shape index (κ2) is 5.80. The van der Waals surface area contributed by atoms with Gasteiger partial charge in [0.1, 0.15) is 5.75 Å². The molecule has 0 aromatic heterocycles. The molecule has 0 fully saturated rings.